The molecule has 116 valence electrons. The standard InChI is InChI=1S/C15H22N2O3S/c1-12(2)17-9-8-16(10-15(17)18)21(19,20)11-14-7-5-4-6-13(14)3/h4-7,12H,8-11H2,1-3H3. The minimum atomic E-state index is -3.46. The van der Waals surface area contributed by atoms with Gasteiger partial charge in [0.25, 0.3) is 0 Å². The average molecular weight is 310 g/mol. The Kier molecular flexibility index (Phi) is 4.68. The topological polar surface area (TPSA) is 57.7 Å². The van der Waals surface area contributed by atoms with Gasteiger partial charge < -0.3 is 4.90 Å². The lowest BCUT2D eigenvalue weighted by atomic mass is 10.1. The van der Waals surface area contributed by atoms with Crippen molar-refractivity contribution >= 4 is 15.9 Å². The van der Waals surface area contributed by atoms with Gasteiger partial charge in [0.05, 0.1) is 12.3 Å². The second-order valence-electron chi connectivity index (χ2n) is 5.70. The Morgan fingerprint density at radius 1 is 1.19 bits per heavy atom. The number of nitrogens with zero attached hydrogens (tertiary/aromatic N) is 2. The van der Waals surface area contributed by atoms with Gasteiger partial charge in [0, 0.05) is 19.1 Å². The van der Waals surface area contributed by atoms with Crippen LogP contribution in [0.1, 0.15) is 25.0 Å². The van der Waals surface area contributed by atoms with E-state index in [0.717, 1.165) is 11.1 Å². The first-order chi connectivity index (χ1) is 9.81. The van der Waals surface area contributed by atoms with Crippen LogP contribution in [0.3, 0.4) is 0 Å². The molecule has 0 atom stereocenters. The summed E-state index contributed by atoms with van der Waals surface area (Å²) in [6, 6.07) is 7.54. The van der Waals surface area contributed by atoms with E-state index in [1.54, 1.807) is 4.90 Å². The first-order valence-electron chi connectivity index (χ1n) is 7.13. The van der Waals surface area contributed by atoms with E-state index >= 15 is 0 Å². The quantitative estimate of drug-likeness (QED) is 0.844. The monoisotopic (exact) mass is 310 g/mol. The molecule has 1 saturated heterocycles. The molecule has 5 nitrogen and oxygen atoms in total. The van der Waals surface area contributed by atoms with E-state index in [9.17, 15) is 13.2 Å². The van der Waals surface area contributed by atoms with E-state index < -0.39 is 10.0 Å². The Morgan fingerprint density at radius 3 is 2.43 bits per heavy atom. The first kappa shape index (κ1) is 16.0. The van der Waals surface area contributed by atoms with Crippen molar-refractivity contribution in [1.82, 2.24) is 9.21 Å². The van der Waals surface area contributed by atoms with Crippen LogP contribution in [-0.2, 0) is 20.6 Å². The Bertz CT molecular complexity index is 626. The molecule has 1 aliphatic heterocycles. The molecule has 0 unspecified atom stereocenters. The largest absolute Gasteiger partial charge is 0.338 e. The maximum Gasteiger partial charge on any atom is 0.238 e. The normalized spacial score (nSPS) is 17.5. The van der Waals surface area contributed by atoms with Crippen molar-refractivity contribution in [3.63, 3.8) is 0 Å². The fraction of sp³-hybridized carbons (Fsp3) is 0.533. The predicted octanol–water partition coefficient (Wildman–Crippen LogP) is 1.38. The second kappa shape index (κ2) is 6.15. The molecule has 1 heterocycles. The van der Waals surface area contributed by atoms with E-state index in [0.29, 0.717) is 13.1 Å². The molecule has 0 N–H and O–H groups in total. The van der Waals surface area contributed by atoms with Crippen LogP contribution in [0.15, 0.2) is 24.3 Å². The van der Waals surface area contributed by atoms with Crippen molar-refractivity contribution in [2.24, 2.45) is 0 Å². The summed E-state index contributed by atoms with van der Waals surface area (Å²) in [6.07, 6.45) is 0. The van der Waals surface area contributed by atoms with Crippen LogP contribution in [0.25, 0.3) is 0 Å². The molecule has 0 bridgehead atoms. The zero-order valence-corrected chi connectivity index (χ0v) is 13.6. The number of carbonyl (C=O) groups excluding carboxylic acids is 1. The number of sulfonamides is 1. The van der Waals surface area contributed by atoms with Crippen LogP contribution in [-0.4, -0.2) is 49.2 Å². The Morgan fingerprint density at radius 2 is 1.86 bits per heavy atom. The summed E-state index contributed by atoms with van der Waals surface area (Å²) < 4.78 is 26.3. The number of hydrogen-bond donors (Lipinski definition) is 0. The van der Waals surface area contributed by atoms with E-state index in [4.69, 9.17) is 0 Å². The van der Waals surface area contributed by atoms with Gasteiger partial charge in [-0.3, -0.25) is 4.79 Å². The van der Waals surface area contributed by atoms with Crippen LogP contribution in [0.2, 0.25) is 0 Å². The molecule has 6 heteroatoms. The molecule has 0 spiro atoms. The first-order valence-corrected chi connectivity index (χ1v) is 8.74. The summed E-state index contributed by atoms with van der Waals surface area (Å²) in [7, 11) is -3.46. The third-order valence-corrected chi connectivity index (χ3v) is 5.61. The molecule has 21 heavy (non-hydrogen) atoms. The zero-order valence-electron chi connectivity index (χ0n) is 12.7. The molecule has 0 aromatic heterocycles. The molecule has 2 rings (SSSR count). The van der Waals surface area contributed by atoms with Gasteiger partial charge in [-0.25, -0.2) is 8.42 Å². The van der Waals surface area contributed by atoms with E-state index in [1.165, 1.54) is 4.31 Å². The van der Waals surface area contributed by atoms with Crippen molar-refractivity contribution in [2.45, 2.75) is 32.6 Å². The average Bonchev–Trinajstić information content (AvgIpc) is 2.40. The highest BCUT2D eigenvalue weighted by Crippen LogP contribution is 2.17. The lowest BCUT2D eigenvalue weighted by molar-refractivity contribution is -0.135. The molecular formula is C15H22N2O3S. The molecular weight excluding hydrogens is 288 g/mol. The Labute approximate surface area is 126 Å². The number of amides is 1. The van der Waals surface area contributed by atoms with Gasteiger partial charge >= 0.3 is 0 Å². The van der Waals surface area contributed by atoms with E-state index in [2.05, 4.69) is 0 Å². The molecule has 1 amide bonds. The summed E-state index contributed by atoms with van der Waals surface area (Å²) in [6.45, 7) is 6.56. The molecule has 0 aliphatic carbocycles. The summed E-state index contributed by atoms with van der Waals surface area (Å²) in [5, 5.41) is 0. The van der Waals surface area contributed by atoms with Gasteiger partial charge in [0.2, 0.25) is 15.9 Å². The van der Waals surface area contributed by atoms with Gasteiger partial charge in [0.15, 0.2) is 0 Å². The highest BCUT2D eigenvalue weighted by atomic mass is 32.2. The predicted molar refractivity (Wildman–Crippen MR) is 82.2 cm³/mol. The highest BCUT2D eigenvalue weighted by molar-refractivity contribution is 7.88. The maximum absolute atomic E-state index is 12.5. The maximum atomic E-state index is 12.5. The van der Waals surface area contributed by atoms with Crippen molar-refractivity contribution in [2.75, 3.05) is 19.6 Å². The smallest absolute Gasteiger partial charge is 0.238 e. The Balaban J connectivity index is 2.11. The van der Waals surface area contributed by atoms with Crippen LogP contribution >= 0.6 is 0 Å². The fourth-order valence-electron chi connectivity index (χ4n) is 2.51. The SMILES string of the molecule is Cc1ccccc1CS(=O)(=O)N1CCN(C(C)C)C(=O)C1. The zero-order chi connectivity index (χ0) is 15.6. The Hall–Kier alpha value is -1.40. The van der Waals surface area contributed by atoms with Gasteiger partial charge in [-0.1, -0.05) is 24.3 Å². The lowest BCUT2D eigenvalue weighted by Crippen LogP contribution is -2.54. The number of rotatable bonds is 4. The molecule has 1 aromatic carbocycles. The fourth-order valence-corrected chi connectivity index (χ4v) is 4.07. The molecule has 1 aliphatic rings. The van der Waals surface area contributed by atoms with Crippen LogP contribution < -0.4 is 0 Å². The number of carbonyl (C=O) groups is 1. The van der Waals surface area contributed by atoms with Crippen LogP contribution in [0, 0.1) is 6.92 Å². The lowest BCUT2D eigenvalue weighted by Gasteiger charge is -2.36. The summed E-state index contributed by atoms with van der Waals surface area (Å²) in [5.74, 6) is -0.168. The third-order valence-electron chi connectivity index (χ3n) is 3.84. The molecule has 0 saturated carbocycles. The van der Waals surface area contributed by atoms with Crippen LogP contribution in [0.5, 0.6) is 0 Å². The summed E-state index contributed by atoms with van der Waals surface area (Å²) in [5.41, 5.74) is 1.74. The highest BCUT2D eigenvalue weighted by Gasteiger charge is 2.32. The summed E-state index contributed by atoms with van der Waals surface area (Å²) in [4.78, 5) is 13.8. The molecule has 1 fully saturated rings. The van der Waals surface area contributed by atoms with Gasteiger partial charge in [-0.15, -0.1) is 0 Å². The molecule has 0 radical (unpaired) electrons. The van der Waals surface area contributed by atoms with Crippen molar-refractivity contribution in [3.8, 4) is 0 Å². The van der Waals surface area contributed by atoms with Gasteiger partial charge in [0.1, 0.15) is 0 Å². The van der Waals surface area contributed by atoms with Gasteiger partial charge in [-0.05, 0) is 31.9 Å². The van der Waals surface area contributed by atoms with Crippen molar-refractivity contribution in [3.05, 3.63) is 35.4 Å². The van der Waals surface area contributed by atoms with Crippen LogP contribution in [0.4, 0.5) is 0 Å². The molecule has 1 aromatic rings. The minimum absolute atomic E-state index is 0.0470. The van der Waals surface area contributed by atoms with E-state index in [1.807, 2.05) is 45.0 Å². The number of aryl methyl sites for hydroxylation is 1. The number of benzene rings is 1. The van der Waals surface area contributed by atoms with Crippen molar-refractivity contribution < 1.29 is 13.2 Å². The second-order valence-corrected chi connectivity index (χ2v) is 7.67. The minimum Gasteiger partial charge on any atom is -0.338 e. The van der Waals surface area contributed by atoms with Crippen molar-refractivity contribution in [1.29, 1.82) is 0 Å². The third kappa shape index (κ3) is 3.63. The number of piperazine rings is 1. The van der Waals surface area contributed by atoms with E-state index in [-0.39, 0.29) is 24.2 Å². The summed E-state index contributed by atoms with van der Waals surface area (Å²) >= 11 is 0. The van der Waals surface area contributed by atoms with Gasteiger partial charge in [-0.2, -0.15) is 4.31 Å². The number of hydrogen-bond acceptors (Lipinski definition) is 3.